The summed E-state index contributed by atoms with van der Waals surface area (Å²) < 4.78 is 29.9. The van der Waals surface area contributed by atoms with Crippen LogP contribution in [-0.4, -0.2) is 11.6 Å². The van der Waals surface area contributed by atoms with Crippen molar-refractivity contribution >= 4 is 33.2 Å². The smallest absolute Gasteiger partial charge is 0.387 e. The van der Waals surface area contributed by atoms with Gasteiger partial charge in [0.2, 0.25) is 0 Å². The molecule has 0 radical (unpaired) electrons. The second kappa shape index (κ2) is 6.85. The summed E-state index contributed by atoms with van der Waals surface area (Å²) in [5, 5.41) is 3.45. The van der Waals surface area contributed by atoms with E-state index in [0.717, 1.165) is 10.2 Å². The molecule has 3 nitrogen and oxygen atoms in total. The molecule has 0 aliphatic rings. The number of rotatable bonds is 5. The molecule has 20 heavy (non-hydrogen) atoms. The van der Waals surface area contributed by atoms with Gasteiger partial charge in [-0.1, -0.05) is 27.5 Å². The lowest BCUT2D eigenvalue weighted by Crippen LogP contribution is -2.07. The molecule has 0 bridgehead atoms. The van der Waals surface area contributed by atoms with Gasteiger partial charge in [-0.25, -0.2) is 4.98 Å². The molecule has 0 aliphatic carbocycles. The Morgan fingerprint density at radius 2 is 2.10 bits per heavy atom. The quantitative estimate of drug-likeness (QED) is 0.781. The Morgan fingerprint density at radius 1 is 1.30 bits per heavy atom. The predicted octanol–water partition coefficient (Wildman–Crippen LogP) is 4.71. The van der Waals surface area contributed by atoms with Crippen LogP contribution in [0.15, 0.2) is 41.0 Å². The molecule has 2 aromatic rings. The summed E-state index contributed by atoms with van der Waals surface area (Å²) in [6.07, 6.45) is 1.56. The first-order chi connectivity index (χ1) is 9.54. The molecule has 0 unspecified atom stereocenters. The first-order valence-electron chi connectivity index (χ1n) is 5.63. The van der Waals surface area contributed by atoms with E-state index >= 15 is 0 Å². The molecule has 7 heteroatoms. The lowest BCUT2D eigenvalue weighted by atomic mass is 10.2. The average Bonchev–Trinajstić information content (AvgIpc) is 2.40. The van der Waals surface area contributed by atoms with Gasteiger partial charge in [0.25, 0.3) is 0 Å². The van der Waals surface area contributed by atoms with Crippen molar-refractivity contribution in [2.24, 2.45) is 0 Å². The Morgan fingerprint density at radius 3 is 2.75 bits per heavy atom. The van der Waals surface area contributed by atoms with Gasteiger partial charge in [-0.3, -0.25) is 0 Å². The van der Waals surface area contributed by atoms with Crippen LogP contribution in [0.5, 0.6) is 5.75 Å². The van der Waals surface area contributed by atoms with Crippen molar-refractivity contribution in [3.8, 4) is 5.75 Å². The van der Waals surface area contributed by atoms with Crippen LogP contribution in [0.2, 0.25) is 5.15 Å². The lowest BCUT2D eigenvalue weighted by Gasteiger charge is -2.12. The Balaban J connectivity index is 2.11. The number of hydrogen-bond acceptors (Lipinski definition) is 3. The van der Waals surface area contributed by atoms with Crippen molar-refractivity contribution in [2.75, 3.05) is 5.32 Å². The maximum atomic E-state index is 12.3. The third kappa shape index (κ3) is 4.31. The Bertz CT molecular complexity index is 581. The monoisotopic (exact) mass is 362 g/mol. The fourth-order valence-corrected chi connectivity index (χ4v) is 2.10. The zero-order valence-corrected chi connectivity index (χ0v) is 12.5. The standard InChI is InChI=1S/C13H10BrClF2N2O/c14-9-1-3-11(20-13(16)17)8(5-9)6-18-10-2-4-12(15)19-7-10/h1-5,7,13,18H,6H2. The molecule has 0 aliphatic heterocycles. The van der Waals surface area contributed by atoms with Gasteiger partial charge in [0, 0.05) is 16.6 Å². The second-order valence-electron chi connectivity index (χ2n) is 3.85. The normalized spacial score (nSPS) is 10.7. The minimum atomic E-state index is -2.85. The van der Waals surface area contributed by atoms with E-state index < -0.39 is 6.61 Å². The van der Waals surface area contributed by atoms with Crippen LogP contribution < -0.4 is 10.1 Å². The third-order valence-electron chi connectivity index (χ3n) is 2.45. The SMILES string of the molecule is FC(F)Oc1ccc(Br)cc1CNc1ccc(Cl)nc1. The third-order valence-corrected chi connectivity index (χ3v) is 3.17. The van der Waals surface area contributed by atoms with Gasteiger partial charge in [0.15, 0.2) is 0 Å². The fourth-order valence-electron chi connectivity index (χ4n) is 1.57. The van der Waals surface area contributed by atoms with Gasteiger partial charge in [-0.05, 0) is 30.3 Å². The molecule has 0 fully saturated rings. The van der Waals surface area contributed by atoms with E-state index in [9.17, 15) is 8.78 Å². The summed E-state index contributed by atoms with van der Waals surface area (Å²) in [4.78, 5) is 3.92. The number of nitrogens with zero attached hydrogens (tertiary/aromatic N) is 1. The zero-order chi connectivity index (χ0) is 14.5. The maximum Gasteiger partial charge on any atom is 0.387 e. The summed E-state index contributed by atoms with van der Waals surface area (Å²) in [5.41, 5.74) is 1.34. The molecule has 1 aromatic heterocycles. The molecule has 1 heterocycles. The highest BCUT2D eigenvalue weighted by Gasteiger charge is 2.10. The average molecular weight is 364 g/mol. The van der Waals surface area contributed by atoms with Gasteiger partial charge in [0.05, 0.1) is 11.9 Å². The minimum Gasteiger partial charge on any atom is -0.434 e. The molecule has 2 rings (SSSR count). The highest BCUT2D eigenvalue weighted by atomic mass is 79.9. The number of aromatic nitrogens is 1. The highest BCUT2D eigenvalue weighted by Crippen LogP contribution is 2.25. The summed E-state index contributed by atoms with van der Waals surface area (Å²) >= 11 is 8.98. The van der Waals surface area contributed by atoms with Gasteiger partial charge in [-0.2, -0.15) is 8.78 Å². The van der Waals surface area contributed by atoms with Crippen LogP contribution >= 0.6 is 27.5 Å². The second-order valence-corrected chi connectivity index (χ2v) is 5.16. The van der Waals surface area contributed by atoms with Gasteiger partial charge in [-0.15, -0.1) is 0 Å². The highest BCUT2D eigenvalue weighted by molar-refractivity contribution is 9.10. The Labute approximate surface area is 128 Å². The molecule has 1 aromatic carbocycles. The number of benzene rings is 1. The predicted molar refractivity (Wildman–Crippen MR) is 77.3 cm³/mol. The van der Waals surface area contributed by atoms with Gasteiger partial charge >= 0.3 is 6.61 Å². The molecule has 106 valence electrons. The molecule has 1 N–H and O–H groups in total. The van der Waals surface area contributed by atoms with E-state index in [0.29, 0.717) is 17.3 Å². The molecular formula is C13H10BrClF2N2O. The molecule has 0 amide bonds. The summed E-state index contributed by atoms with van der Waals surface area (Å²) in [7, 11) is 0. The number of pyridine rings is 1. The maximum absolute atomic E-state index is 12.3. The largest absolute Gasteiger partial charge is 0.434 e. The van der Waals surface area contributed by atoms with E-state index in [1.54, 1.807) is 30.5 Å². The first-order valence-corrected chi connectivity index (χ1v) is 6.80. The number of alkyl halides is 2. The first kappa shape index (κ1) is 15.0. The summed E-state index contributed by atoms with van der Waals surface area (Å²) in [5.74, 6) is 0.137. The van der Waals surface area contributed by atoms with Crippen molar-refractivity contribution in [2.45, 2.75) is 13.2 Å². The van der Waals surface area contributed by atoms with Crippen molar-refractivity contribution < 1.29 is 13.5 Å². The summed E-state index contributed by atoms with van der Waals surface area (Å²) in [6.45, 7) is -2.53. The van der Waals surface area contributed by atoms with E-state index in [4.69, 9.17) is 11.6 Å². The van der Waals surface area contributed by atoms with Crippen molar-refractivity contribution in [1.82, 2.24) is 4.98 Å². The van der Waals surface area contributed by atoms with Gasteiger partial charge in [0.1, 0.15) is 10.9 Å². The molecule has 0 saturated carbocycles. The van der Waals surface area contributed by atoms with E-state index in [2.05, 4.69) is 31.0 Å². The number of nitrogens with one attached hydrogen (secondary N) is 1. The van der Waals surface area contributed by atoms with Crippen LogP contribution in [0.25, 0.3) is 0 Å². The number of hydrogen-bond donors (Lipinski definition) is 1. The van der Waals surface area contributed by atoms with E-state index in [1.807, 2.05) is 0 Å². The molecular weight excluding hydrogens is 354 g/mol. The van der Waals surface area contributed by atoms with E-state index in [1.165, 1.54) is 6.07 Å². The fraction of sp³-hybridized carbons (Fsp3) is 0.154. The van der Waals surface area contributed by atoms with Crippen molar-refractivity contribution in [3.63, 3.8) is 0 Å². The molecule has 0 spiro atoms. The lowest BCUT2D eigenvalue weighted by molar-refractivity contribution is -0.0504. The Hall–Kier alpha value is -1.40. The van der Waals surface area contributed by atoms with Crippen molar-refractivity contribution in [3.05, 3.63) is 51.7 Å². The molecule has 0 saturated heterocycles. The number of halogens is 4. The van der Waals surface area contributed by atoms with Gasteiger partial charge < -0.3 is 10.1 Å². The van der Waals surface area contributed by atoms with Crippen molar-refractivity contribution in [1.29, 1.82) is 0 Å². The molecule has 0 atom stereocenters. The van der Waals surface area contributed by atoms with Crippen LogP contribution in [0.1, 0.15) is 5.56 Å². The van der Waals surface area contributed by atoms with Crippen LogP contribution in [0.4, 0.5) is 14.5 Å². The van der Waals surface area contributed by atoms with Crippen LogP contribution in [-0.2, 0) is 6.54 Å². The number of ether oxygens (including phenoxy) is 1. The topological polar surface area (TPSA) is 34.1 Å². The Kier molecular flexibility index (Phi) is 5.14. The van der Waals surface area contributed by atoms with E-state index in [-0.39, 0.29) is 5.75 Å². The summed E-state index contributed by atoms with van der Waals surface area (Å²) in [6, 6.07) is 8.24. The minimum absolute atomic E-state index is 0.137. The zero-order valence-electron chi connectivity index (χ0n) is 10.1. The van der Waals surface area contributed by atoms with Crippen LogP contribution in [0.3, 0.4) is 0 Å². The van der Waals surface area contributed by atoms with Crippen LogP contribution in [0, 0.1) is 0 Å². The number of anilines is 1.